The zero-order valence-electron chi connectivity index (χ0n) is 16.2. The molecule has 140 valence electrons. The van der Waals surface area contributed by atoms with E-state index in [0.717, 1.165) is 56.9 Å². The molecule has 2 unspecified atom stereocenters. The van der Waals surface area contributed by atoms with Crippen LogP contribution in [0.5, 0.6) is 0 Å². The Kier molecular flexibility index (Phi) is 7.82. The van der Waals surface area contributed by atoms with Crippen molar-refractivity contribution in [2.45, 2.75) is 59.0 Å². The Morgan fingerprint density at radius 3 is 2.83 bits per heavy atom. The SMILES string of the molecule is CCNC(=NCC1(C)CCCO1)NCC1CCCN(CC(C)C)C1. The van der Waals surface area contributed by atoms with Crippen LogP contribution in [0.2, 0.25) is 0 Å². The summed E-state index contributed by atoms with van der Waals surface area (Å²) in [5, 5.41) is 6.94. The highest BCUT2D eigenvalue weighted by Crippen LogP contribution is 2.25. The number of nitrogens with zero attached hydrogens (tertiary/aromatic N) is 2. The van der Waals surface area contributed by atoms with Gasteiger partial charge in [-0.2, -0.15) is 0 Å². The van der Waals surface area contributed by atoms with Gasteiger partial charge >= 0.3 is 0 Å². The molecule has 0 spiro atoms. The van der Waals surface area contributed by atoms with Gasteiger partial charge in [0.1, 0.15) is 0 Å². The number of rotatable bonds is 7. The highest BCUT2D eigenvalue weighted by atomic mass is 16.5. The lowest BCUT2D eigenvalue weighted by molar-refractivity contribution is 0.0283. The van der Waals surface area contributed by atoms with Gasteiger partial charge in [0, 0.05) is 32.8 Å². The van der Waals surface area contributed by atoms with Crippen molar-refractivity contribution in [3.8, 4) is 0 Å². The fraction of sp³-hybridized carbons (Fsp3) is 0.947. The normalized spacial score (nSPS) is 29.2. The predicted octanol–water partition coefficient (Wildman–Crippen LogP) is 2.48. The summed E-state index contributed by atoms with van der Waals surface area (Å²) < 4.78 is 5.85. The minimum Gasteiger partial charge on any atom is -0.373 e. The van der Waals surface area contributed by atoms with E-state index in [9.17, 15) is 0 Å². The van der Waals surface area contributed by atoms with E-state index >= 15 is 0 Å². The third-order valence-electron chi connectivity index (χ3n) is 5.00. The number of likely N-dealkylation sites (tertiary alicyclic amines) is 1. The van der Waals surface area contributed by atoms with Gasteiger partial charge in [0.15, 0.2) is 5.96 Å². The lowest BCUT2D eigenvalue weighted by Crippen LogP contribution is -2.45. The van der Waals surface area contributed by atoms with Crippen LogP contribution >= 0.6 is 0 Å². The molecule has 0 bridgehead atoms. The van der Waals surface area contributed by atoms with Gasteiger partial charge in [-0.15, -0.1) is 0 Å². The minimum atomic E-state index is -0.0682. The molecule has 2 rings (SSSR count). The van der Waals surface area contributed by atoms with Crippen molar-refractivity contribution >= 4 is 5.96 Å². The van der Waals surface area contributed by atoms with Gasteiger partial charge in [0.25, 0.3) is 0 Å². The molecule has 0 amide bonds. The predicted molar refractivity (Wildman–Crippen MR) is 102 cm³/mol. The van der Waals surface area contributed by atoms with Gasteiger partial charge in [0.05, 0.1) is 12.1 Å². The zero-order valence-corrected chi connectivity index (χ0v) is 16.2. The minimum absolute atomic E-state index is 0.0682. The van der Waals surface area contributed by atoms with Gasteiger partial charge in [-0.25, -0.2) is 0 Å². The fourth-order valence-electron chi connectivity index (χ4n) is 3.79. The van der Waals surface area contributed by atoms with Crippen LogP contribution in [-0.2, 0) is 4.74 Å². The summed E-state index contributed by atoms with van der Waals surface area (Å²) in [7, 11) is 0. The van der Waals surface area contributed by atoms with Crippen LogP contribution in [0.25, 0.3) is 0 Å². The molecule has 0 saturated carbocycles. The zero-order chi connectivity index (χ0) is 17.4. The molecular formula is C19H38N4O. The Morgan fingerprint density at radius 1 is 1.33 bits per heavy atom. The number of piperidine rings is 1. The molecule has 2 aliphatic rings. The van der Waals surface area contributed by atoms with Crippen molar-refractivity contribution in [1.29, 1.82) is 0 Å². The summed E-state index contributed by atoms with van der Waals surface area (Å²) in [4.78, 5) is 7.40. The van der Waals surface area contributed by atoms with Crippen molar-refractivity contribution in [3.63, 3.8) is 0 Å². The summed E-state index contributed by atoms with van der Waals surface area (Å²) in [5.74, 6) is 2.41. The first-order valence-electron chi connectivity index (χ1n) is 9.89. The van der Waals surface area contributed by atoms with E-state index < -0.39 is 0 Å². The van der Waals surface area contributed by atoms with Crippen molar-refractivity contribution in [2.75, 3.05) is 45.9 Å². The number of guanidine groups is 1. The lowest BCUT2D eigenvalue weighted by atomic mass is 9.97. The molecule has 2 fully saturated rings. The summed E-state index contributed by atoms with van der Waals surface area (Å²) in [6.45, 7) is 16.1. The Balaban J connectivity index is 1.79. The molecule has 5 heteroatoms. The fourth-order valence-corrected chi connectivity index (χ4v) is 3.79. The van der Waals surface area contributed by atoms with Gasteiger partial charge in [-0.05, 0) is 57.9 Å². The first-order chi connectivity index (χ1) is 11.5. The summed E-state index contributed by atoms with van der Waals surface area (Å²) in [6, 6.07) is 0. The Hall–Kier alpha value is -0.810. The largest absolute Gasteiger partial charge is 0.373 e. The first-order valence-corrected chi connectivity index (χ1v) is 9.89. The van der Waals surface area contributed by atoms with Gasteiger partial charge in [-0.3, -0.25) is 4.99 Å². The number of nitrogens with one attached hydrogen (secondary N) is 2. The van der Waals surface area contributed by atoms with Crippen LogP contribution in [-0.4, -0.2) is 62.3 Å². The molecule has 0 radical (unpaired) electrons. The van der Waals surface area contributed by atoms with Crippen molar-refractivity contribution in [2.24, 2.45) is 16.8 Å². The third kappa shape index (κ3) is 6.60. The molecule has 2 N–H and O–H groups in total. The van der Waals surface area contributed by atoms with E-state index in [1.54, 1.807) is 0 Å². The Morgan fingerprint density at radius 2 is 2.17 bits per heavy atom. The maximum Gasteiger partial charge on any atom is 0.191 e. The van der Waals surface area contributed by atoms with Crippen LogP contribution in [0.4, 0.5) is 0 Å². The van der Waals surface area contributed by atoms with Gasteiger partial charge in [0.2, 0.25) is 0 Å². The Labute approximate surface area is 148 Å². The standard InChI is InChI=1S/C19H38N4O/c1-5-20-18(22-15-19(4)9-7-11-24-19)21-12-17-8-6-10-23(14-17)13-16(2)3/h16-17H,5-15H2,1-4H3,(H2,20,21,22). The number of hydrogen-bond acceptors (Lipinski definition) is 3. The quantitative estimate of drug-likeness (QED) is 0.553. The van der Waals surface area contributed by atoms with E-state index in [0.29, 0.717) is 0 Å². The number of hydrogen-bond donors (Lipinski definition) is 2. The van der Waals surface area contributed by atoms with E-state index in [1.165, 1.54) is 32.5 Å². The van der Waals surface area contributed by atoms with Crippen molar-refractivity contribution in [3.05, 3.63) is 0 Å². The first kappa shape index (κ1) is 19.5. The molecule has 24 heavy (non-hydrogen) atoms. The molecule has 0 aliphatic carbocycles. The molecule has 2 atom stereocenters. The second kappa shape index (κ2) is 9.62. The van der Waals surface area contributed by atoms with Crippen molar-refractivity contribution < 1.29 is 4.74 Å². The van der Waals surface area contributed by atoms with E-state index in [-0.39, 0.29) is 5.60 Å². The molecule has 2 saturated heterocycles. The molecule has 2 aliphatic heterocycles. The van der Waals surface area contributed by atoms with Crippen LogP contribution in [0, 0.1) is 11.8 Å². The maximum atomic E-state index is 5.85. The molecular weight excluding hydrogens is 300 g/mol. The molecule has 5 nitrogen and oxygen atoms in total. The van der Waals surface area contributed by atoms with Crippen molar-refractivity contribution in [1.82, 2.24) is 15.5 Å². The summed E-state index contributed by atoms with van der Waals surface area (Å²) in [6.07, 6.45) is 4.91. The van der Waals surface area contributed by atoms with Crippen LogP contribution in [0.1, 0.15) is 53.4 Å². The molecule has 0 aromatic rings. The average molecular weight is 339 g/mol. The highest BCUT2D eigenvalue weighted by Gasteiger charge is 2.29. The molecule has 2 heterocycles. The van der Waals surface area contributed by atoms with Crippen LogP contribution < -0.4 is 10.6 Å². The van der Waals surface area contributed by atoms with E-state index in [1.807, 2.05) is 0 Å². The van der Waals surface area contributed by atoms with E-state index in [2.05, 4.69) is 43.2 Å². The summed E-state index contributed by atoms with van der Waals surface area (Å²) in [5.41, 5.74) is -0.0682. The lowest BCUT2D eigenvalue weighted by Gasteiger charge is -2.34. The third-order valence-corrected chi connectivity index (χ3v) is 5.00. The van der Waals surface area contributed by atoms with Crippen LogP contribution in [0.15, 0.2) is 4.99 Å². The molecule has 0 aromatic carbocycles. The second-order valence-electron chi connectivity index (χ2n) is 8.14. The maximum absolute atomic E-state index is 5.85. The second-order valence-corrected chi connectivity index (χ2v) is 8.14. The average Bonchev–Trinajstić information content (AvgIpc) is 2.97. The smallest absolute Gasteiger partial charge is 0.191 e. The van der Waals surface area contributed by atoms with Gasteiger partial charge in [-0.1, -0.05) is 13.8 Å². The Bertz CT molecular complexity index is 391. The topological polar surface area (TPSA) is 48.9 Å². The summed E-state index contributed by atoms with van der Waals surface area (Å²) >= 11 is 0. The molecule has 0 aromatic heterocycles. The highest BCUT2D eigenvalue weighted by molar-refractivity contribution is 5.79. The monoisotopic (exact) mass is 338 g/mol. The van der Waals surface area contributed by atoms with Crippen LogP contribution in [0.3, 0.4) is 0 Å². The number of aliphatic imine (C=N–C) groups is 1. The van der Waals surface area contributed by atoms with E-state index in [4.69, 9.17) is 9.73 Å². The van der Waals surface area contributed by atoms with Gasteiger partial charge < -0.3 is 20.3 Å². The number of ether oxygens (including phenoxy) is 1.